The van der Waals surface area contributed by atoms with E-state index in [-0.39, 0.29) is 0 Å². The molecule has 0 nitrogen and oxygen atoms in total. The Morgan fingerprint density at radius 2 is 0.839 bits per heavy atom. The lowest BCUT2D eigenvalue weighted by atomic mass is 9.80. The van der Waals surface area contributed by atoms with E-state index in [0.717, 1.165) is 0 Å². The van der Waals surface area contributed by atoms with Crippen molar-refractivity contribution < 1.29 is 0 Å². The fraction of sp³-hybridized carbons (Fsp3) is 0. The monoisotopic (exact) mass is 410 g/mol. The van der Waals surface area contributed by atoms with E-state index in [4.69, 9.17) is 0 Å². The normalized spacial score (nSPS) is 11.9. The van der Waals surface area contributed by atoms with E-state index >= 15 is 0 Å². The molecular weight excluding hydrogens is 392 g/mol. The third-order valence-corrected chi connectivity index (χ3v) is 7.60. The van der Waals surface area contributed by atoms with Gasteiger partial charge in [0.1, 0.15) is 0 Å². The van der Waals surface area contributed by atoms with Crippen molar-refractivity contribution in [3.05, 3.63) is 109 Å². The molecule has 0 atom stereocenters. The SMILES string of the molecule is c1ccc2c(c1)-c1ccccc1-c1ccc3sc4ccccc4c3c1-c1ccccc1-2. The summed E-state index contributed by atoms with van der Waals surface area (Å²) in [6.07, 6.45) is 0. The van der Waals surface area contributed by atoms with Crippen LogP contribution in [0.15, 0.2) is 109 Å². The molecule has 0 aliphatic heterocycles. The Labute approximate surface area is 185 Å². The molecule has 0 radical (unpaired) electrons. The van der Waals surface area contributed by atoms with Gasteiger partial charge in [-0.25, -0.2) is 0 Å². The Balaban J connectivity index is 1.76. The quantitative estimate of drug-likeness (QED) is 0.234. The van der Waals surface area contributed by atoms with Crippen molar-refractivity contribution in [2.45, 2.75) is 0 Å². The van der Waals surface area contributed by atoms with Crippen LogP contribution >= 0.6 is 11.3 Å². The predicted molar refractivity (Wildman–Crippen MR) is 135 cm³/mol. The molecule has 0 saturated carbocycles. The maximum absolute atomic E-state index is 2.33. The molecule has 0 saturated heterocycles. The van der Waals surface area contributed by atoms with Crippen LogP contribution in [-0.2, 0) is 0 Å². The molecule has 0 bridgehead atoms. The van der Waals surface area contributed by atoms with Gasteiger partial charge in [0, 0.05) is 20.2 Å². The summed E-state index contributed by atoms with van der Waals surface area (Å²) in [5.74, 6) is 0. The Bertz CT molecular complexity index is 1630. The highest BCUT2D eigenvalue weighted by atomic mass is 32.1. The topological polar surface area (TPSA) is 0 Å². The smallest absolute Gasteiger partial charge is 0.0362 e. The van der Waals surface area contributed by atoms with Crippen molar-refractivity contribution in [1.29, 1.82) is 0 Å². The highest BCUT2D eigenvalue weighted by Crippen LogP contribution is 2.51. The van der Waals surface area contributed by atoms with E-state index < -0.39 is 0 Å². The zero-order valence-corrected chi connectivity index (χ0v) is 17.6. The molecule has 0 amide bonds. The van der Waals surface area contributed by atoms with Crippen LogP contribution < -0.4 is 0 Å². The van der Waals surface area contributed by atoms with Gasteiger partial charge >= 0.3 is 0 Å². The Hall–Kier alpha value is -3.68. The largest absolute Gasteiger partial charge is 0.135 e. The number of rotatable bonds is 0. The van der Waals surface area contributed by atoms with Gasteiger partial charge in [0.25, 0.3) is 0 Å². The van der Waals surface area contributed by atoms with Gasteiger partial charge in [-0.3, -0.25) is 0 Å². The van der Waals surface area contributed by atoms with Gasteiger partial charge in [0.05, 0.1) is 0 Å². The molecule has 7 rings (SSSR count). The number of hydrogen-bond acceptors (Lipinski definition) is 1. The van der Waals surface area contributed by atoms with Crippen LogP contribution in [0, 0.1) is 0 Å². The zero-order valence-electron chi connectivity index (χ0n) is 16.8. The van der Waals surface area contributed by atoms with Crippen molar-refractivity contribution in [2.75, 3.05) is 0 Å². The second-order valence-corrected chi connectivity index (χ2v) is 9.18. The summed E-state index contributed by atoms with van der Waals surface area (Å²) < 4.78 is 2.69. The molecule has 5 aromatic carbocycles. The predicted octanol–water partition coefficient (Wildman–Crippen LogP) is 9.04. The Kier molecular flexibility index (Phi) is 3.52. The van der Waals surface area contributed by atoms with Gasteiger partial charge in [0.2, 0.25) is 0 Å². The van der Waals surface area contributed by atoms with Crippen molar-refractivity contribution in [3.8, 4) is 44.5 Å². The first kappa shape index (κ1) is 17.0. The molecule has 1 aromatic heterocycles. The van der Waals surface area contributed by atoms with Gasteiger partial charge in [-0.15, -0.1) is 11.3 Å². The Morgan fingerprint density at radius 1 is 0.355 bits per heavy atom. The van der Waals surface area contributed by atoms with Crippen molar-refractivity contribution in [1.82, 2.24) is 0 Å². The van der Waals surface area contributed by atoms with Gasteiger partial charge in [-0.05, 0) is 56.6 Å². The van der Waals surface area contributed by atoms with Crippen LogP contribution in [0.5, 0.6) is 0 Å². The number of hydrogen-bond donors (Lipinski definition) is 0. The van der Waals surface area contributed by atoms with E-state index in [2.05, 4.69) is 109 Å². The minimum Gasteiger partial charge on any atom is -0.135 e. The number of benzene rings is 5. The summed E-state index contributed by atoms with van der Waals surface area (Å²) in [6, 6.07) is 40.0. The molecular formula is C30H18S. The summed E-state index contributed by atoms with van der Waals surface area (Å²) in [5, 5.41) is 2.72. The van der Waals surface area contributed by atoms with Crippen LogP contribution in [0.25, 0.3) is 64.7 Å². The number of thiophene rings is 1. The second-order valence-electron chi connectivity index (χ2n) is 8.10. The maximum Gasteiger partial charge on any atom is 0.0362 e. The minimum absolute atomic E-state index is 1.30. The van der Waals surface area contributed by atoms with E-state index in [0.29, 0.717) is 0 Å². The summed E-state index contributed by atoms with van der Waals surface area (Å²) >= 11 is 1.89. The second kappa shape index (κ2) is 6.41. The Morgan fingerprint density at radius 3 is 1.48 bits per heavy atom. The lowest BCUT2D eigenvalue weighted by Gasteiger charge is -2.23. The van der Waals surface area contributed by atoms with Gasteiger partial charge in [-0.1, -0.05) is 97.1 Å². The summed E-state index contributed by atoms with van der Waals surface area (Å²) in [4.78, 5) is 0. The molecule has 1 heterocycles. The average molecular weight is 411 g/mol. The summed E-state index contributed by atoms with van der Waals surface area (Å²) in [7, 11) is 0. The summed E-state index contributed by atoms with van der Waals surface area (Å²) in [5.41, 5.74) is 10.5. The van der Waals surface area contributed by atoms with Crippen molar-refractivity contribution >= 4 is 31.5 Å². The zero-order chi connectivity index (χ0) is 20.4. The molecule has 0 spiro atoms. The molecule has 0 unspecified atom stereocenters. The van der Waals surface area contributed by atoms with Gasteiger partial charge in [-0.2, -0.15) is 0 Å². The molecule has 0 fully saturated rings. The van der Waals surface area contributed by atoms with Crippen molar-refractivity contribution in [3.63, 3.8) is 0 Å². The standard InChI is InChI=1S/C30H18S/c1-2-10-20-19(9-1)21-11-3-4-13-23(21)25-17-18-28-30(26-15-7-8-16-27(26)31-28)29(25)24-14-6-5-12-22(20)24/h1-18H. The van der Waals surface area contributed by atoms with Crippen molar-refractivity contribution in [2.24, 2.45) is 0 Å². The molecule has 6 aromatic rings. The fourth-order valence-corrected chi connectivity index (χ4v) is 6.28. The van der Waals surface area contributed by atoms with Crippen LogP contribution in [0.3, 0.4) is 0 Å². The first-order valence-electron chi connectivity index (χ1n) is 10.6. The summed E-state index contributed by atoms with van der Waals surface area (Å²) in [6.45, 7) is 0. The molecule has 1 heteroatoms. The van der Waals surface area contributed by atoms with Crippen LogP contribution in [-0.4, -0.2) is 0 Å². The van der Waals surface area contributed by atoms with E-state index in [1.807, 2.05) is 11.3 Å². The lowest BCUT2D eigenvalue weighted by molar-refractivity contribution is 1.54. The molecule has 31 heavy (non-hydrogen) atoms. The minimum atomic E-state index is 1.30. The van der Waals surface area contributed by atoms with E-state index in [9.17, 15) is 0 Å². The highest BCUT2D eigenvalue weighted by Gasteiger charge is 2.24. The van der Waals surface area contributed by atoms with Crippen LogP contribution in [0.4, 0.5) is 0 Å². The molecule has 144 valence electrons. The fourth-order valence-electron chi connectivity index (χ4n) is 5.16. The van der Waals surface area contributed by atoms with Crippen LogP contribution in [0.1, 0.15) is 0 Å². The van der Waals surface area contributed by atoms with E-state index in [1.54, 1.807) is 0 Å². The molecule has 0 N–H and O–H groups in total. The van der Waals surface area contributed by atoms with Gasteiger partial charge < -0.3 is 0 Å². The highest BCUT2D eigenvalue weighted by molar-refractivity contribution is 7.26. The first-order valence-corrected chi connectivity index (χ1v) is 11.4. The molecule has 1 aliphatic carbocycles. The lowest BCUT2D eigenvalue weighted by Crippen LogP contribution is -1.97. The number of fused-ring (bicyclic) bond motifs is 12. The third-order valence-electron chi connectivity index (χ3n) is 6.46. The first-order chi connectivity index (χ1) is 15.4. The van der Waals surface area contributed by atoms with Gasteiger partial charge in [0.15, 0.2) is 0 Å². The maximum atomic E-state index is 2.33. The average Bonchev–Trinajstić information content (AvgIpc) is 3.21. The van der Waals surface area contributed by atoms with Crippen LogP contribution in [0.2, 0.25) is 0 Å². The third kappa shape index (κ3) is 2.35. The molecule has 1 aliphatic rings. The van der Waals surface area contributed by atoms with E-state index in [1.165, 1.54) is 64.7 Å².